The predicted molar refractivity (Wildman–Crippen MR) is 104 cm³/mol. The highest BCUT2D eigenvalue weighted by atomic mass is 32.2. The molecule has 0 aliphatic carbocycles. The smallest absolute Gasteiger partial charge is 0.412 e. The first-order valence-electron chi connectivity index (χ1n) is 8.61. The molecular formula is C20H25NO5S. The number of carbonyl (C=O) groups excluding carboxylic acids is 1. The summed E-state index contributed by atoms with van der Waals surface area (Å²) < 4.78 is 34.8. The van der Waals surface area contributed by atoms with Crippen LogP contribution >= 0.6 is 0 Å². The van der Waals surface area contributed by atoms with Crippen LogP contribution in [-0.2, 0) is 25.5 Å². The number of benzene rings is 2. The number of rotatable bonds is 6. The van der Waals surface area contributed by atoms with E-state index in [1.165, 1.54) is 6.07 Å². The van der Waals surface area contributed by atoms with Crippen molar-refractivity contribution in [2.75, 3.05) is 11.9 Å². The van der Waals surface area contributed by atoms with Crippen molar-refractivity contribution >= 4 is 21.9 Å². The lowest BCUT2D eigenvalue weighted by atomic mass is 10.1. The first-order valence-corrected chi connectivity index (χ1v) is 10.0. The Kier molecular flexibility index (Phi) is 6.62. The molecule has 7 heteroatoms. The second kappa shape index (κ2) is 8.54. The van der Waals surface area contributed by atoms with E-state index in [2.05, 4.69) is 5.32 Å². The normalized spacial score (nSPS) is 11.9. The largest absolute Gasteiger partial charge is 0.444 e. The van der Waals surface area contributed by atoms with Crippen molar-refractivity contribution in [2.45, 2.75) is 44.6 Å². The summed E-state index contributed by atoms with van der Waals surface area (Å²) in [7, 11) is -3.78. The first-order chi connectivity index (χ1) is 12.6. The van der Waals surface area contributed by atoms with E-state index < -0.39 is 21.8 Å². The van der Waals surface area contributed by atoms with E-state index in [-0.39, 0.29) is 11.5 Å². The van der Waals surface area contributed by atoms with Gasteiger partial charge in [0.15, 0.2) is 0 Å². The van der Waals surface area contributed by atoms with Gasteiger partial charge in [-0.05, 0) is 63.4 Å². The van der Waals surface area contributed by atoms with Gasteiger partial charge in [-0.2, -0.15) is 8.42 Å². The van der Waals surface area contributed by atoms with E-state index in [9.17, 15) is 13.2 Å². The Balaban J connectivity index is 1.88. The van der Waals surface area contributed by atoms with Gasteiger partial charge in [-0.15, -0.1) is 0 Å². The van der Waals surface area contributed by atoms with Gasteiger partial charge in [-0.1, -0.05) is 30.3 Å². The van der Waals surface area contributed by atoms with Crippen LogP contribution in [0.1, 0.15) is 31.9 Å². The fraction of sp³-hybridized carbons (Fsp3) is 0.350. The molecule has 0 unspecified atom stereocenters. The van der Waals surface area contributed by atoms with Crippen molar-refractivity contribution < 1.29 is 22.1 Å². The van der Waals surface area contributed by atoms with E-state index in [0.717, 1.165) is 5.56 Å². The third kappa shape index (κ3) is 6.69. The van der Waals surface area contributed by atoms with Crippen LogP contribution in [0, 0.1) is 6.92 Å². The standard InChI is InChI=1S/C20H25NO5S/c1-15-7-5-6-8-18(15)27(23,24)25-14-13-16-9-11-17(12-10-16)21-19(22)26-20(2,3)4/h5-12H,13-14H2,1-4H3,(H,21,22). The van der Waals surface area contributed by atoms with E-state index in [0.29, 0.717) is 17.7 Å². The lowest BCUT2D eigenvalue weighted by Crippen LogP contribution is -2.27. The van der Waals surface area contributed by atoms with Gasteiger partial charge in [0.05, 0.1) is 11.5 Å². The Morgan fingerprint density at radius 3 is 2.26 bits per heavy atom. The summed E-state index contributed by atoms with van der Waals surface area (Å²) in [4.78, 5) is 11.9. The molecule has 27 heavy (non-hydrogen) atoms. The maximum atomic E-state index is 12.2. The lowest BCUT2D eigenvalue weighted by Gasteiger charge is -2.19. The van der Waals surface area contributed by atoms with Gasteiger partial charge in [0, 0.05) is 5.69 Å². The minimum Gasteiger partial charge on any atom is -0.444 e. The molecule has 0 radical (unpaired) electrons. The highest BCUT2D eigenvalue weighted by molar-refractivity contribution is 7.86. The molecule has 6 nitrogen and oxygen atoms in total. The average molecular weight is 391 g/mol. The van der Waals surface area contributed by atoms with Gasteiger partial charge in [-0.3, -0.25) is 9.50 Å². The number of nitrogens with one attached hydrogen (secondary N) is 1. The Labute approximate surface area is 160 Å². The number of anilines is 1. The summed E-state index contributed by atoms with van der Waals surface area (Å²) in [6.45, 7) is 7.14. The Morgan fingerprint density at radius 1 is 1.04 bits per heavy atom. The van der Waals surface area contributed by atoms with Crippen molar-refractivity contribution in [1.82, 2.24) is 0 Å². The fourth-order valence-electron chi connectivity index (χ4n) is 2.35. The van der Waals surface area contributed by atoms with Gasteiger partial charge in [0.2, 0.25) is 0 Å². The van der Waals surface area contributed by atoms with Crippen LogP contribution in [0.25, 0.3) is 0 Å². The van der Waals surface area contributed by atoms with Crippen LogP contribution in [-0.4, -0.2) is 26.7 Å². The van der Waals surface area contributed by atoms with Crippen LogP contribution in [0.3, 0.4) is 0 Å². The summed E-state index contributed by atoms with van der Waals surface area (Å²) in [5.74, 6) is 0. The van der Waals surface area contributed by atoms with Gasteiger partial charge < -0.3 is 4.74 Å². The molecule has 2 rings (SSSR count). The Morgan fingerprint density at radius 2 is 1.67 bits per heavy atom. The summed E-state index contributed by atoms with van der Waals surface area (Å²) >= 11 is 0. The number of ether oxygens (including phenoxy) is 1. The lowest BCUT2D eigenvalue weighted by molar-refractivity contribution is 0.0636. The molecule has 0 aliphatic rings. The fourth-order valence-corrected chi connectivity index (χ4v) is 3.48. The number of aryl methyl sites for hydroxylation is 1. The second-order valence-electron chi connectivity index (χ2n) is 7.12. The average Bonchev–Trinajstić information content (AvgIpc) is 2.55. The number of amides is 1. The Hall–Kier alpha value is -2.38. The summed E-state index contributed by atoms with van der Waals surface area (Å²) in [5, 5.41) is 2.65. The SMILES string of the molecule is Cc1ccccc1S(=O)(=O)OCCc1ccc(NC(=O)OC(C)(C)C)cc1. The maximum absolute atomic E-state index is 12.2. The van der Waals surface area contributed by atoms with E-state index >= 15 is 0 Å². The molecule has 0 bridgehead atoms. The highest BCUT2D eigenvalue weighted by Crippen LogP contribution is 2.18. The molecule has 0 aliphatic heterocycles. The molecule has 0 heterocycles. The van der Waals surface area contributed by atoms with Crippen LogP contribution in [0.5, 0.6) is 0 Å². The third-order valence-corrected chi connectivity index (χ3v) is 5.07. The molecule has 0 saturated carbocycles. The topological polar surface area (TPSA) is 81.7 Å². The molecule has 0 fully saturated rings. The molecule has 0 aromatic heterocycles. The van der Waals surface area contributed by atoms with Gasteiger partial charge in [0.1, 0.15) is 5.60 Å². The van der Waals surface area contributed by atoms with E-state index in [1.54, 1.807) is 70.2 Å². The van der Waals surface area contributed by atoms with Crippen LogP contribution in [0.4, 0.5) is 10.5 Å². The quantitative estimate of drug-likeness (QED) is 0.743. The minimum atomic E-state index is -3.78. The summed E-state index contributed by atoms with van der Waals surface area (Å²) in [5.41, 5.74) is 1.57. The number of hydrogen-bond donors (Lipinski definition) is 1. The molecule has 0 atom stereocenters. The van der Waals surface area contributed by atoms with E-state index in [4.69, 9.17) is 8.92 Å². The van der Waals surface area contributed by atoms with Crippen molar-refractivity contribution in [3.63, 3.8) is 0 Å². The summed E-state index contributed by atoms with van der Waals surface area (Å²) in [6.07, 6.45) is -0.0967. The van der Waals surface area contributed by atoms with Gasteiger partial charge in [0.25, 0.3) is 10.1 Å². The monoisotopic (exact) mass is 391 g/mol. The van der Waals surface area contributed by atoms with E-state index in [1.807, 2.05) is 0 Å². The Bertz CT molecular complexity index is 883. The van der Waals surface area contributed by atoms with Gasteiger partial charge >= 0.3 is 6.09 Å². The molecule has 0 saturated heterocycles. The molecule has 0 spiro atoms. The minimum absolute atomic E-state index is 0.0372. The zero-order valence-electron chi connectivity index (χ0n) is 16.0. The molecule has 2 aromatic carbocycles. The molecule has 1 N–H and O–H groups in total. The summed E-state index contributed by atoms with van der Waals surface area (Å²) in [6, 6.07) is 13.8. The number of carbonyl (C=O) groups is 1. The molecule has 2 aromatic rings. The van der Waals surface area contributed by atoms with Crippen molar-refractivity contribution in [2.24, 2.45) is 0 Å². The second-order valence-corrected chi connectivity index (χ2v) is 8.70. The zero-order valence-corrected chi connectivity index (χ0v) is 16.8. The van der Waals surface area contributed by atoms with Crippen molar-refractivity contribution in [3.05, 3.63) is 59.7 Å². The predicted octanol–water partition coefficient (Wildman–Crippen LogP) is 4.29. The maximum Gasteiger partial charge on any atom is 0.412 e. The van der Waals surface area contributed by atoms with Crippen molar-refractivity contribution in [3.8, 4) is 0 Å². The highest BCUT2D eigenvalue weighted by Gasteiger charge is 2.17. The third-order valence-electron chi connectivity index (χ3n) is 3.59. The molecule has 1 amide bonds. The molecule has 146 valence electrons. The zero-order chi connectivity index (χ0) is 20.1. The number of hydrogen-bond acceptors (Lipinski definition) is 5. The first kappa shape index (κ1) is 20.9. The van der Waals surface area contributed by atoms with Crippen LogP contribution in [0.2, 0.25) is 0 Å². The van der Waals surface area contributed by atoms with Gasteiger partial charge in [-0.25, -0.2) is 4.79 Å². The van der Waals surface area contributed by atoms with Crippen molar-refractivity contribution in [1.29, 1.82) is 0 Å². The van der Waals surface area contributed by atoms with Crippen LogP contribution in [0.15, 0.2) is 53.4 Å². The molecular weight excluding hydrogens is 366 g/mol. The van der Waals surface area contributed by atoms with Crippen LogP contribution < -0.4 is 5.32 Å².